The molecule has 2 rings (SSSR count). The minimum absolute atomic E-state index is 0.194. The molecule has 0 aromatic carbocycles. The quantitative estimate of drug-likeness (QED) is 0.728. The summed E-state index contributed by atoms with van der Waals surface area (Å²) < 4.78 is 10.7. The largest absolute Gasteiger partial charge is 0.501 e. The molecule has 1 fully saturated rings. The topological polar surface area (TPSA) is 44.5 Å². The van der Waals surface area contributed by atoms with Gasteiger partial charge in [-0.25, -0.2) is 0 Å². The van der Waals surface area contributed by atoms with Crippen molar-refractivity contribution >= 4 is 0 Å². The first-order valence-corrected chi connectivity index (χ1v) is 5.52. The second kappa shape index (κ2) is 4.80. The summed E-state index contributed by atoms with van der Waals surface area (Å²) >= 11 is 0. The fourth-order valence-electron chi connectivity index (χ4n) is 2.21. The normalized spacial score (nSPS) is 26.5. The van der Waals surface area contributed by atoms with E-state index >= 15 is 0 Å². The fraction of sp³-hybridized carbons (Fsp3) is 0.818. The minimum Gasteiger partial charge on any atom is -0.501 e. The molecule has 2 aliphatic heterocycles. The van der Waals surface area contributed by atoms with E-state index in [9.17, 15) is 0 Å². The van der Waals surface area contributed by atoms with Crippen LogP contribution in [0.5, 0.6) is 0 Å². The molecule has 3 nitrogen and oxygen atoms in total. The molecular weight excluding hydrogens is 178 g/mol. The molecule has 0 aliphatic carbocycles. The lowest BCUT2D eigenvalue weighted by molar-refractivity contribution is 0.0605. The van der Waals surface area contributed by atoms with Gasteiger partial charge in [-0.2, -0.15) is 0 Å². The van der Waals surface area contributed by atoms with Crippen LogP contribution in [0.1, 0.15) is 25.7 Å². The average Bonchev–Trinajstić information content (AvgIpc) is 2.30. The second-order valence-corrected chi connectivity index (χ2v) is 4.14. The maximum atomic E-state index is 6.22. The fourth-order valence-corrected chi connectivity index (χ4v) is 2.21. The van der Waals surface area contributed by atoms with Crippen molar-refractivity contribution in [3.05, 3.63) is 11.8 Å². The standard InChI is InChI=1S/C11H19NO2/c12-11(9-3-6-13-7-4-9)10-2-1-5-14-8-10/h8-9,11H,1-7,12H2. The molecule has 0 bridgehead atoms. The van der Waals surface area contributed by atoms with Crippen LogP contribution in [0.25, 0.3) is 0 Å². The molecule has 1 unspecified atom stereocenters. The second-order valence-electron chi connectivity index (χ2n) is 4.14. The Balaban J connectivity index is 1.91. The Bertz CT molecular complexity index is 209. The van der Waals surface area contributed by atoms with Gasteiger partial charge in [-0.1, -0.05) is 0 Å². The van der Waals surface area contributed by atoms with Crippen LogP contribution >= 0.6 is 0 Å². The summed E-state index contributed by atoms with van der Waals surface area (Å²) in [6.45, 7) is 2.59. The molecule has 0 spiro atoms. The number of hydrogen-bond donors (Lipinski definition) is 1. The van der Waals surface area contributed by atoms with Crippen molar-refractivity contribution in [1.82, 2.24) is 0 Å². The van der Waals surface area contributed by atoms with Crippen molar-refractivity contribution in [2.45, 2.75) is 31.7 Å². The molecule has 80 valence electrons. The van der Waals surface area contributed by atoms with E-state index in [2.05, 4.69) is 0 Å². The molecule has 0 radical (unpaired) electrons. The van der Waals surface area contributed by atoms with Crippen molar-refractivity contribution in [1.29, 1.82) is 0 Å². The Morgan fingerprint density at radius 2 is 2.07 bits per heavy atom. The third-order valence-corrected chi connectivity index (χ3v) is 3.16. The van der Waals surface area contributed by atoms with Crippen LogP contribution in [0.3, 0.4) is 0 Å². The lowest BCUT2D eigenvalue weighted by Gasteiger charge is -2.30. The summed E-state index contributed by atoms with van der Waals surface area (Å²) in [5, 5.41) is 0. The van der Waals surface area contributed by atoms with Crippen molar-refractivity contribution in [2.75, 3.05) is 19.8 Å². The van der Waals surface area contributed by atoms with E-state index < -0.39 is 0 Å². The predicted molar refractivity (Wildman–Crippen MR) is 54.8 cm³/mol. The van der Waals surface area contributed by atoms with E-state index in [1.165, 1.54) is 5.57 Å². The summed E-state index contributed by atoms with van der Waals surface area (Å²) in [4.78, 5) is 0. The first-order valence-electron chi connectivity index (χ1n) is 5.52. The molecule has 0 amide bonds. The van der Waals surface area contributed by atoms with E-state index in [-0.39, 0.29) is 6.04 Å². The Kier molecular flexibility index (Phi) is 3.43. The minimum atomic E-state index is 0.194. The van der Waals surface area contributed by atoms with Gasteiger partial charge in [0, 0.05) is 19.3 Å². The van der Waals surface area contributed by atoms with Gasteiger partial charge in [-0.3, -0.25) is 0 Å². The Hall–Kier alpha value is -0.540. The molecule has 2 heterocycles. The van der Waals surface area contributed by atoms with Gasteiger partial charge < -0.3 is 15.2 Å². The summed E-state index contributed by atoms with van der Waals surface area (Å²) in [5.41, 5.74) is 7.51. The molecule has 3 heteroatoms. The van der Waals surface area contributed by atoms with Gasteiger partial charge in [0.1, 0.15) is 0 Å². The van der Waals surface area contributed by atoms with E-state index in [1.807, 2.05) is 6.26 Å². The van der Waals surface area contributed by atoms with E-state index in [1.54, 1.807) is 0 Å². The number of hydrogen-bond acceptors (Lipinski definition) is 3. The highest BCUT2D eigenvalue weighted by Gasteiger charge is 2.24. The van der Waals surface area contributed by atoms with Gasteiger partial charge in [0.2, 0.25) is 0 Å². The van der Waals surface area contributed by atoms with Crippen LogP contribution in [0.2, 0.25) is 0 Å². The third-order valence-electron chi connectivity index (χ3n) is 3.16. The Morgan fingerprint density at radius 3 is 2.71 bits per heavy atom. The van der Waals surface area contributed by atoms with Gasteiger partial charge in [-0.05, 0) is 37.2 Å². The first-order chi connectivity index (χ1) is 6.88. The van der Waals surface area contributed by atoms with Crippen LogP contribution in [-0.4, -0.2) is 25.9 Å². The van der Waals surface area contributed by atoms with Crippen LogP contribution in [0, 0.1) is 5.92 Å². The zero-order valence-electron chi connectivity index (χ0n) is 8.58. The van der Waals surface area contributed by atoms with Gasteiger partial charge in [-0.15, -0.1) is 0 Å². The zero-order valence-corrected chi connectivity index (χ0v) is 8.58. The van der Waals surface area contributed by atoms with Crippen LogP contribution in [-0.2, 0) is 9.47 Å². The maximum Gasteiger partial charge on any atom is 0.0876 e. The molecule has 0 saturated carbocycles. The molecule has 0 aromatic heterocycles. The lowest BCUT2D eigenvalue weighted by atomic mass is 9.86. The van der Waals surface area contributed by atoms with Crippen molar-refractivity contribution < 1.29 is 9.47 Å². The van der Waals surface area contributed by atoms with Crippen molar-refractivity contribution in [3.63, 3.8) is 0 Å². The summed E-state index contributed by atoms with van der Waals surface area (Å²) in [6.07, 6.45) is 6.29. The average molecular weight is 197 g/mol. The van der Waals surface area contributed by atoms with Gasteiger partial charge >= 0.3 is 0 Å². The smallest absolute Gasteiger partial charge is 0.0876 e. The molecule has 1 saturated heterocycles. The van der Waals surface area contributed by atoms with Crippen molar-refractivity contribution in [2.24, 2.45) is 11.7 Å². The number of nitrogens with two attached hydrogens (primary N) is 1. The number of ether oxygens (including phenoxy) is 2. The highest BCUT2D eigenvalue weighted by Crippen LogP contribution is 2.25. The number of rotatable bonds is 2. The molecular formula is C11H19NO2. The van der Waals surface area contributed by atoms with Crippen LogP contribution in [0.15, 0.2) is 11.8 Å². The summed E-state index contributed by atoms with van der Waals surface area (Å²) in [6, 6.07) is 0.194. The van der Waals surface area contributed by atoms with E-state index in [4.69, 9.17) is 15.2 Å². The molecule has 2 N–H and O–H groups in total. The Morgan fingerprint density at radius 1 is 1.29 bits per heavy atom. The SMILES string of the molecule is NC(C1=COCCC1)C1CCOCC1. The predicted octanol–water partition coefficient (Wildman–Crippen LogP) is 1.43. The van der Waals surface area contributed by atoms with Gasteiger partial charge in [0.05, 0.1) is 12.9 Å². The highest BCUT2D eigenvalue weighted by atomic mass is 16.5. The maximum absolute atomic E-state index is 6.22. The van der Waals surface area contributed by atoms with Crippen LogP contribution < -0.4 is 5.73 Å². The molecule has 14 heavy (non-hydrogen) atoms. The summed E-state index contributed by atoms with van der Waals surface area (Å²) in [5.74, 6) is 0.594. The molecule has 0 aromatic rings. The monoisotopic (exact) mass is 197 g/mol. The molecule has 2 aliphatic rings. The molecule has 1 atom stereocenters. The third kappa shape index (κ3) is 2.28. The Labute approximate surface area is 85.3 Å². The highest BCUT2D eigenvalue weighted by molar-refractivity contribution is 5.11. The lowest BCUT2D eigenvalue weighted by Crippen LogP contribution is -2.36. The summed E-state index contributed by atoms with van der Waals surface area (Å²) in [7, 11) is 0. The van der Waals surface area contributed by atoms with E-state index in [0.717, 1.165) is 45.5 Å². The first kappa shape index (κ1) is 9.99. The van der Waals surface area contributed by atoms with Crippen LogP contribution in [0.4, 0.5) is 0 Å². The van der Waals surface area contributed by atoms with Gasteiger partial charge in [0.15, 0.2) is 0 Å². The van der Waals surface area contributed by atoms with E-state index in [0.29, 0.717) is 5.92 Å². The van der Waals surface area contributed by atoms with Gasteiger partial charge in [0.25, 0.3) is 0 Å². The van der Waals surface area contributed by atoms with Crippen molar-refractivity contribution in [3.8, 4) is 0 Å². The zero-order chi connectivity index (χ0) is 9.80.